The van der Waals surface area contributed by atoms with E-state index in [2.05, 4.69) is 5.32 Å². The molecule has 1 fully saturated rings. The smallest absolute Gasteiger partial charge is 0.225 e. The molecule has 0 bridgehead atoms. The highest BCUT2D eigenvalue weighted by Gasteiger charge is 2.27. The Balaban J connectivity index is 1.74. The Morgan fingerprint density at radius 3 is 2.94 bits per heavy atom. The lowest BCUT2D eigenvalue weighted by atomic mass is 10.1. The summed E-state index contributed by atoms with van der Waals surface area (Å²) in [5.74, 6) is 0.536. The maximum Gasteiger partial charge on any atom is 0.225 e. The molecule has 1 aliphatic heterocycles. The van der Waals surface area contributed by atoms with E-state index in [-0.39, 0.29) is 23.3 Å². The average Bonchev–Trinajstić information content (AvgIpc) is 2.85. The Hall–Kier alpha value is -0.880. The maximum absolute atomic E-state index is 11.6. The Bertz CT molecular complexity index is 479. The lowest BCUT2D eigenvalue weighted by molar-refractivity contribution is -0.120. The van der Waals surface area contributed by atoms with Crippen molar-refractivity contribution in [2.45, 2.75) is 12.8 Å². The first-order chi connectivity index (χ1) is 8.05. The third kappa shape index (κ3) is 3.81. The van der Waals surface area contributed by atoms with Gasteiger partial charge in [0.1, 0.15) is 0 Å². The summed E-state index contributed by atoms with van der Waals surface area (Å²) in [7, 11) is -2.84. The molecule has 6 heteroatoms. The summed E-state index contributed by atoms with van der Waals surface area (Å²) in [6, 6.07) is 3.83. The number of hydrogen-bond donors (Lipinski definition) is 1. The van der Waals surface area contributed by atoms with E-state index in [1.165, 1.54) is 0 Å². The van der Waals surface area contributed by atoms with Gasteiger partial charge in [-0.1, -0.05) is 6.07 Å². The molecule has 1 saturated heterocycles. The summed E-state index contributed by atoms with van der Waals surface area (Å²) in [6.45, 7) is 0.476. The molecule has 1 aromatic heterocycles. The van der Waals surface area contributed by atoms with E-state index in [1.807, 2.05) is 17.5 Å². The van der Waals surface area contributed by atoms with Gasteiger partial charge in [-0.25, -0.2) is 8.42 Å². The van der Waals surface area contributed by atoms with Gasteiger partial charge < -0.3 is 5.32 Å². The van der Waals surface area contributed by atoms with Gasteiger partial charge in [-0.05, 0) is 23.8 Å². The average molecular weight is 273 g/mol. The lowest BCUT2D eigenvalue weighted by Gasteiger charge is -2.08. The van der Waals surface area contributed by atoms with Gasteiger partial charge in [-0.2, -0.15) is 0 Å². The van der Waals surface area contributed by atoms with Gasteiger partial charge in [0, 0.05) is 11.4 Å². The first-order valence-electron chi connectivity index (χ1n) is 5.55. The van der Waals surface area contributed by atoms with Crippen molar-refractivity contribution in [2.24, 2.45) is 5.92 Å². The highest BCUT2D eigenvalue weighted by atomic mass is 32.2. The van der Waals surface area contributed by atoms with Crippen LogP contribution in [0.5, 0.6) is 0 Å². The quantitative estimate of drug-likeness (QED) is 0.884. The summed E-state index contributed by atoms with van der Waals surface area (Å²) in [4.78, 5) is 12.6. The summed E-state index contributed by atoms with van der Waals surface area (Å²) in [5.41, 5.74) is 0. The number of thiophene rings is 1. The van der Waals surface area contributed by atoms with Gasteiger partial charge in [0.05, 0.1) is 17.9 Å². The van der Waals surface area contributed by atoms with Crippen LogP contribution in [-0.4, -0.2) is 32.4 Å². The summed E-state index contributed by atoms with van der Waals surface area (Å²) >= 11 is 1.55. The van der Waals surface area contributed by atoms with Crippen LogP contribution in [-0.2, 0) is 21.1 Å². The molecule has 2 rings (SSSR count). The van der Waals surface area contributed by atoms with E-state index in [4.69, 9.17) is 0 Å². The SMILES string of the molecule is O=C(Cc1cccs1)NC[C@@H]1CCS(=O)(=O)C1. The third-order valence-electron chi connectivity index (χ3n) is 2.83. The Morgan fingerprint density at radius 1 is 1.53 bits per heavy atom. The van der Waals surface area contributed by atoms with Crippen molar-refractivity contribution < 1.29 is 13.2 Å². The number of hydrogen-bond acceptors (Lipinski definition) is 4. The minimum atomic E-state index is -2.84. The summed E-state index contributed by atoms with van der Waals surface area (Å²) in [5, 5.41) is 4.74. The van der Waals surface area contributed by atoms with Gasteiger partial charge in [0.2, 0.25) is 5.91 Å². The van der Waals surface area contributed by atoms with Gasteiger partial charge in [-0.3, -0.25) is 4.79 Å². The Labute approximate surface area is 105 Å². The van der Waals surface area contributed by atoms with Gasteiger partial charge >= 0.3 is 0 Å². The minimum Gasteiger partial charge on any atom is -0.355 e. The highest BCUT2D eigenvalue weighted by molar-refractivity contribution is 7.91. The second kappa shape index (κ2) is 5.18. The molecule has 0 unspecified atom stereocenters. The first-order valence-corrected chi connectivity index (χ1v) is 8.25. The molecule has 1 aliphatic rings. The first kappa shape index (κ1) is 12.6. The zero-order chi connectivity index (χ0) is 12.3. The molecule has 4 nitrogen and oxygen atoms in total. The molecule has 1 amide bonds. The summed E-state index contributed by atoms with van der Waals surface area (Å²) < 4.78 is 22.5. The van der Waals surface area contributed by atoms with Crippen molar-refractivity contribution >= 4 is 27.1 Å². The van der Waals surface area contributed by atoms with Crippen molar-refractivity contribution in [1.29, 1.82) is 0 Å². The number of sulfone groups is 1. The number of carbonyl (C=O) groups is 1. The number of amides is 1. The molecule has 94 valence electrons. The maximum atomic E-state index is 11.6. The highest BCUT2D eigenvalue weighted by Crippen LogP contribution is 2.17. The number of carbonyl (C=O) groups excluding carboxylic acids is 1. The Morgan fingerprint density at radius 2 is 2.35 bits per heavy atom. The molecule has 1 aromatic rings. The standard InChI is InChI=1S/C11H15NO3S2/c13-11(6-10-2-1-4-16-10)12-7-9-3-5-17(14,15)8-9/h1-2,4,9H,3,5-8H2,(H,12,13)/t9-/m0/s1. The van der Waals surface area contributed by atoms with Crippen LogP contribution in [0.3, 0.4) is 0 Å². The molecule has 0 spiro atoms. The fourth-order valence-electron chi connectivity index (χ4n) is 1.93. The van der Waals surface area contributed by atoms with Crippen molar-refractivity contribution in [2.75, 3.05) is 18.1 Å². The Kier molecular flexibility index (Phi) is 3.83. The molecular formula is C11H15NO3S2. The predicted octanol–water partition coefficient (Wildman–Crippen LogP) is 0.842. The number of rotatable bonds is 4. The van der Waals surface area contributed by atoms with Gasteiger partial charge in [0.15, 0.2) is 9.84 Å². The van der Waals surface area contributed by atoms with Crippen molar-refractivity contribution in [1.82, 2.24) is 5.32 Å². The molecule has 17 heavy (non-hydrogen) atoms. The van der Waals surface area contributed by atoms with E-state index in [1.54, 1.807) is 11.3 Å². The fourth-order valence-corrected chi connectivity index (χ4v) is 4.49. The number of nitrogens with one attached hydrogen (secondary N) is 1. The van der Waals surface area contributed by atoms with Gasteiger partial charge in [0.25, 0.3) is 0 Å². The van der Waals surface area contributed by atoms with Crippen LogP contribution in [0.2, 0.25) is 0 Å². The van der Waals surface area contributed by atoms with Crippen LogP contribution < -0.4 is 5.32 Å². The lowest BCUT2D eigenvalue weighted by Crippen LogP contribution is -2.30. The van der Waals surface area contributed by atoms with Crippen LogP contribution >= 0.6 is 11.3 Å². The second-order valence-electron chi connectivity index (χ2n) is 4.33. The molecule has 0 saturated carbocycles. The molecular weight excluding hydrogens is 258 g/mol. The molecule has 0 aromatic carbocycles. The van der Waals surface area contributed by atoms with Crippen LogP contribution in [0.4, 0.5) is 0 Å². The topological polar surface area (TPSA) is 63.2 Å². The zero-order valence-corrected chi connectivity index (χ0v) is 11.0. The third-order valence-corrected chi connectivity index (χ3v) is 5.54. The molecule has 1 atom stereocenters. The molecule has 1 N–H and O–H groups in total. The van der Waals surface area contributed by atoms with E-state index in [9.17, 15) is 13.2 Å². The normalized spacial score (nSPS) is 22.5. The van der Waals surface area contributed by atoms with E-state index in [0.717, 1.165) is 4.88 Å². The second-order valence-corrected chi connectivity index (χ2v) is 7.59. The molecule has 0 radical (unpaired) electrons. The zero-order valence-electron chi connectivity index (χ0n) is 9.39. The van der Waals surface area contributed by atoms with Crippen molar-refractivity contribution in [3.63, 3.8) is 0 Å². The minimum absolute atomic E-state index is 0.0308. The van der Waals surface area contributed by atoms with Crippen molar-refractivity contribution in [3.8, 4) is 0 Å². The van der Waals surface area contributed by atoms with Crippen LogP contribution in [0.25, 0.3) is 0 Å². The molecule has 0 aliphatic carbocycles. The van der Waals surface area contributed by atoms with Crippen LogP contribution in [0.1, 0.15) is 11.3 Å². The summed E-state index contributed by atoms with van der Waals surface area (Å²) in [6.07, 6.45) is 1.05. The monoisotopic (exact) mass is 273 g/mol. The van der Waals surface area contributed by atoms with Crippen LogP contribution in [0.15, 0.2) is 17.5 Å². The largest absolute Gasteiger partial charge is 0.355 e. The molecule has 2 heterocycles. The van der Waals surface area contributed by atoms with E-state index >= 15 is 0 Å². The predicted molar refractivity (Wildman–Crippen MR) is 67.8 cm³/mol. The van der Waals surface area contributed by atoms with Crippen LogP contribution in [0, 0.1) is 5.92 Å². The van der Waals surface area contributed by atoms with E-state index in [0.29, 0.717) is 19.4 Å². The van der Waals surface area contributed by atoms with Gasteiger partial charge in [-0.15, -0.1) is 11.3 Å². The van der Waals surface area contributed by atoms with Crippen molar-refractivity contribution in [3.05, 3.63) is 22.4 Å². The van der Waals surface area contributed by atoms with E-state index < -0.39 is 9.84 Å². The fraction of sp³-hybridized carbons (Fsp3) is 0.545.